The smallest absolute Gasteiger partial charge is 0.277 e. The van der Waals surface area contributed by atoms with Crippen molar-refractivity contribution in [2.75, 3.05) is 25.2 Å². The van der Waals surface area contributed by atoms with Crippen LogP contribution in [0.4, 0.5) is 0 Å². The van der Waals surface area contributed by atoms with Crippen LogP contribution in [0, 0.1) is 3.57 Å². The molecule has 1 N–H and O–H groups in total. The number of carbonyl (C=O) groups is 1. The van der Waals surface area contributed by atoms with Crippen LogP contribution >= 0.6 is 46.1 Å². The van der Waals surface area contributed by atoms with E-state index in [1.54, 1.807) is 13.3 Å². The van der Waals surface area contributed by atoms with Crippen molar-refractivity contribution in [3.05, 3.63) is 51.1 Å². The van der Waals surface area contributed by atoms with Crippen LogP contribution < -0.4 is 19.6 Å². The molecule has 1 heterocycles. The number of hydrazone groups is 1. The molecule has 1 amide bonds. The van der Waals surface area contributed by atoms with Gasteiger partial charge in [0, 0.05) is 11.5 Å². The molecule has 32 heavy (non-hydrogen) atoms. The summed E-state index contributed by atoms with van der Waals surface area (Å²) >= 11 is 6.13. The molecule has 9 heteroatoms. The van der Waals surface area contributed by atoms with Gasteiger partial charge in [-0.05, 0) is 71.3 Å². The maximum atomic E-state index is 12.1. The summed E-state index contributed by atoms with van der Waals surface area (Å²) in [5.74, 6) is 4.06. The Kier molecular flexibility index (Phi) is 9.86. The zero-order valence-corrected chi connectivity index (χ0v) is 22.1. The third-order valence-corrected chi connectivity index (χ3v) is 8.60. The number of carbonyl (C=O) groups excluding carboxylic acids is 1. The molecular formula is C23H27IN2O4S2. The number of hydrogen-bond acceptors (Lipinski definition) is 7. The summed E-state index contributed by atoms with van der Waals surface area (Å²) in [7, 11) is 1.60. The summed E-state index contributed by atoms with van der Waals surface area (Å²) < 4.78 is 18.4. The largest absolute Gasteiger partial charge is 0.493 e. The fourth-order valence-corrected chi connectivity index (χ4v) is 6.46. The molecule has 0 aliphatic carbocycles. The van der Waals surface area contributed by atoms with Gasteiger partial charge in [0.1, 0.15) is 5.75 Å². The summed E-state index contributed by atoms with van der Waals surface area (Å²) in [4.78, 5) is 12.1. The number of rotatable bonds is 10. The number of nitrogens with zero attached hydrogens (tertiary/aromatic N) is 1. The third-order valence-electron chi connectivity index (χ3n) is 4.69. The number of ether oxygens (including phenoxy) is 3. The first-order chi connectivity index (χ1) is 15.5. The predicted octanol–water partition coefficient (Wildman–Crippen LogP) is 5.48. The minimum Gasteiger partial charge on any atom is -0.493 e. The van der Waals surface area contributed by atoms with Crippen LogP contribution in [0.25, 0.3) is 0 Å². The highest BCUT2D eigenvalue weighted by atomic mass is 127. The molecule has 6 nitrogen and oxygen atoms in total. The van der Waals surface area contributed by atoms with Gasteiger partial charge in [0.2, 0.25) is 0 Å². The second-order valence-corrected chi connectivity index (χ2v) is 11.0. The van der Waals surface area contributed by atoms with E-state index in [4.69, 9.17) is 14.2 Å². The summed E-state index contributed by atoms with van der Waals surface area (Å²) in [6.45, 7) is 3.98. The lowest BCUT2D eigenvalue weighted by Gasteiger charge is -2.17. The van der Waals surface area contributed by atoms with Crippen molar-refractivity contribution in [1.82, 2.24) is 5.43 Å². The number of thioether (sulfide) groups is 2. The highest BCUT2D eigenvalue weighted by Gasteiger charge is 2.18. The van der Waals surface area contributed by atoms with E-state index in [1.165, 1.54) is 17.1 Å². The molecule has 1 aliphatic heterocycles. The van der Waals surface area contributed by atoms with E-state index in [0.717, 1.165) is 15.6 Å². The van der Waals surface area contributed by atoms with Gasteiger partial charge < -0.3 is 14.2 Å². The van der Waals surface area contributed by atoms with E-state index >= 15 is 0 Å². The van der Waals surface area contributed by atoms with Crippen molar-refractivity contribution in [3.63, 3.8) is 0 Å². The van der Waals surface area contributed by atoms with Crippen molar-refractivity contribution in [2.45, 2.75) is 31.0 Å². The molecule has 0 aromatic heterocycles. The van der Waals surface area contributed by atoms with E-state index in [0.29, 0.717) is 21.8 Å². The lowest BCUT2D eigenvalue weighted by atomic mass is 10.2. The molecular weight excluding hydrogens is 559 g/mol. The van der Waals surface area contributed by atoms with Crippen molar-refractivity contribution in [2.24, 2.45) is 5.10 Å². The quantitative estimate of drug-likeness (QED) is 0.226. The Morgan fingerprint density at radius 3 is 2.66 bits per heavy atom. The Morgan fingerprint density at radius 1 is 1.28 bits per heavy atom. The highest BCUT2D eigenvalue weighted by Crippen LogP contribution is 2.45. The van der Waals surface area contributed by atoms with Gasteiger partial charge in [-0.2, -0.15) is 5.10 Å². The Bertz CT molecular complexity index is 934. The standard InChI is InChI=1S/C23H27IN2O4S2/c1-4-15(2)30-22-19(24)11-16(12-20(22)28-3)13-25-26-21(27)14-29-18-7-5-17(6-8-18)23-31-9-10-32-23/h5-8,11-13,15,23H,4,9-10,14H2,1-3H3,(H,26,27)/b25-13-/t15-/m0/s1. The van der Waals surface area contributed by atoms with Crippen LogP contribution in [0.15, 0.2) is 41.5 Å². The Balaban J connectivity index is 1.50. The average molecular weight is 587 g/mol. The zero-order valence-electron chi connectivity index (χ0n) is 18.3. The minimum absolute atomic E-state index is 0.0907. The lowest BCUT2D eigenvalue weighted by Crippen LogP contribution is -2.24. The molecule has 1 aliphatic rings. The second kappa shape index (κ2) is 12.6. The van der Waals surface area contributed by atoms with E-state index in [9.17, 15) is 4.79 Å². The van der Waals surface area contributed by atoms with Crippen LogP contribution in [-0.4, -0.2) is 43.4 Å². The van der Waals surface area contributed by atoms with E-state index in [-0.39, 0.29) is 18.6 Å². The highest BCUT2D eigenvalue weighted by molar-refractivity contribution is 14.1. The number of methoxy groups -OCH3 is 1. The van der Waals surface area contributed by atoms with Gasteiger partial charge in [-0.1, -0.05) is 19.1 Å². The molecule has 3 rings (SSSR count). The Labute approximate surface area is 211 Å². The monoisotopic (exact) mass is 586 g/mol. The van der Waals surface area contributed by atoms with Crippen LogP contribution in [-0.2, 0) is 4.79 Å². The maximum Gasteiger partial charge on any atom is 0.277 e. The first kappa shape index (κ1) is 25.0. The first-order valence-electron chi connectivity index (χ1n) is 10.3. The topological polar surface area (TPSA) is 69.2 Å². The van der Waals surface area contributed by atoms with Crippen LogP contribution in [0.3, 0.4) is 0 Å². The van der Waals surface area contributed by atoms with Gasteiger partial charge in [-0.3, -0.25) is 4.79 Å². The summed E-state index contributed by atoms with van der Waals surface area (Å²) in [6.07, 6.45) is 2.56. The molecule has 1 fully saturated rings. The zero-order chi connectivity index (χ0) is 22.9. The fourth-order valence-electron chi connectivity index (χ4n) is 2.85. The van der Waals surface area contributed by atoms with Gasteiger partial charge in [0.25, 0.3) is 5.91 Å². The van der Waals surface area contributed by atoms with Gasteiger partial charge >= 0.3 is 0 Å². The minimum atomic E-state index is -0.328. The molecule has 0 spiro atoms. The number of amides is 1. The molecule has 2 aromatic rings. The second-order valence-electron chi connectivity index (χ2n) is 7.10. The summed E-state index contributed by atoms with van der Waals surface area (Å²) in [5, 5.41) is 4.03. The number of benzene rings is 2. The third kappa shape index (κ3) is 7.21. The van der Waals surface area contributed by atoms with Gasteiger partial charge in [0.15, 0.2) is 18.1 Å². The van der Waals surface area contributed by atoms with Crippen molar-refractivity contribution >= 4 is 58.2 Å². The van der Waals surface area contributed by atoms with Crippen molar-refractivity contribution in [3.8, 4) is 17.2 Å². The van der Waals surface area contributed by atoms with Crippen LogP contribution in [0.1, 0.15) is 36.0 Å². The Hall–Kier alpha value is -1.59. The summed E-state index contributed by atoms with van der Waals surface area (Å²) in [6, 6.07) is 11.7. The average Bonchev–Trinajstić information content (AvgIpc) is 3.34. The molecule has 0 radical (unpaired) electrons. The van der Waals surface area contributed by atoms with E-state index in [2.05, 4.69) is 52.2 Å². The Morgan fingerprint density at radius 2 is 2.00 bits per heavy atom. The number of hydrogen-bond donors (Lipinski definition) is 1. The SMILES string of the molecule is CC[C@H](C)Oc1c(I)cc(/C=N\NC(=O)COc2ccc(C3SCCS3)cc2)cc1OC. The molecule has 0 unspecified atom stereocenters. The fraction of sp³-hybridized carbons (Fsp3) is 0.391. The van der Waals surface area contributed by atoms with Crippen LogP contribution in [0.2, 0.25) is 0 Å². The lowest BCUT2D eigenvalue weighted by molar-refractivity contribution is -0.123. The number of halogens is 1. The van der Waals surface area contributed by atoms with E-state index < -0.39 is 0 Å². The maximum absolute atomic E-state index is 12.1. The molecule has 2 aromatic carbocycles. The number of nitrogens with one attached hydrogen (secondary N) is 1. The van der Waals surface area contributed by atoms with Crippen molar-refractivity contribution in [1.29, 1.82) is 0 Å². The molecule has 1 atom stereocenters. The molecule has 0 saturated carbocycles. The molecule has 1 saturated heterocycles. The summed E-state index contributed by atoms with van der Waals surface area (Å²) in [5.41, 5.74) is 4.57. The normalized spacial score (nSPS) is 15.0. The van der Waals surface area contributed by atoms with Crippen molar-refractivity contribution < 1.29 is 19.0 Å². The van der Waals surface area contributed by atoms with Gasteiger partial charge in [0.05, 0.1) is 27.6 Å². The van der Waals surface area contributed by atoms with Gasteiger partial charge in [-0.25, -0.2) is 5.43 Å². The first-order valence-corrected chi connectivity index (χ1v) is 13.5. The molecule has 172 valence electrons. The van der Waals surface area contributed by atoms with Crippen LogP contribution in [0.5, 0.6) is 17.2 Å². The van der Waals surface area contributed by atoms with Gasteiger partial charge in [-0.15, -0.1) is 23.5 Å². The van der Waals surface area contributed by atoms with E-state index in [1.807, 2.05) is 54.7 Å². The molecule has 0 bridgehead atoms. The predicted molar refractivity (Wildman–Crippen MR) is 141 cm³/mol.